The van der Waals surface area contributed by atoms with E-state index in [4.69, 9.17) is 0 Å². The number of hydrogen-bond donors (Lipinski definition) is 0. The number of nitrogens with zero attached hydrogens (tertiary/aromatic N) is 2. The third-order valence-corrected chi connectivity index (χ3v) is 3.18. The van der Waals surface area contributed by atoms with Crippen molar-refractivity contribution in [3.63, 3.8) is 0 Å². The van der Waals surface area contributed by atoms with Gasteiger partial charge in [0.2, 0.25) is 0 Å². The van der Waals surface area contributed by atoms with Crippen molar-refractivity contribution in [1.82, 2.24) is 9.97 Å². The third-order valence-electron chi connectivity index (χ3n) is 2.00. The Balaban J connectivity index is 2.46. The SMILES string of the molecule is O=C(c1cncnc1)c1cc(Br)ccc1Br. The molecule has 2 rings (SSSR count). The van der Waals surface area contributed by atoms with Crippen LogP contribution in [0.2, 0.25) is 0 Å². The van der Waals surface area contributed by atoms with Gasteiger partial charge < -0.3 is 0 Å². The van der Waals surface area contributed by atoms with Crippen molar-refractivity contribution in [1.29, 1.82) is 0 Å². The summed E-state index contributed by atoms with van der Waals surface area (Å²) in [5.74, 6) is -0.103. The molecule has 0 saturated carbocycles. The van der Waals surface area contributed by atoms with E-state index in [1.807, 2.05) is 12.1 Å². The van der Waals surface area contributed by atoms with Crippen LogP contribution in [0, 0.1) is 0 Å². The fourth-order valence-corrected chi connectivity index (χ4v) is 2.03. The first-order chi connectivity index (χ1) is 7.68. The van der Waals surface area contributed by atoms with Crippen LogP contribution in [0.5, 0.6) is 0 Å². The minimum Gasteiger partial charge on any atom is -0.288 e. The summed E-state index contributed by atoms with van der Waals surface area (Å²) in [6, 6.07) is 5.45. The molecule has 3 nitrogen and oxygen atoms in total. The van der Waals surface area contributed by atoms with Crippen molar-refractivity contribution in [2.75, 3.05) is 0 Å². The molecule has 0 aliphatic rings. The van der Waals surface area contributed by atoms with Crippen molar-refractivity contribution in [2.45, 2.75) is 0 Å². The zero-order valence-corrected chi connectivity index (χ0v) is 11.2. The molecule has 0 unspecified atom stereocenters. The van der Waals surface area contributed by atoms with Gasteiger partial charge in [0.05, 0.1) is 5.56 Å². The summed E-state index contributed by atoms with van der Waals surface area (Å²) in [6.07, 6.45) is 4.40. The van der Waals surface area contributed by atoms with Crippen LogP contribution in [-0.4, -0.2) is 15.8 Å². The van der Waals surface area contributed by atoms with Crippen LogP contribution in [0.1, 0.15) is 15.9 Å². The summed E-state index contributed by atoms with van der Waals surface area (Å²) in [4.78, 5) is 19.7. The van der Waals surface area contributed by atoms with Crippen LogP contribution < -0.4 is 0 Å². The van der Waals surface area contributed by atoms with Crippen molar-refractivity contribution < 1.29 is 4.79 Å². The molecule has 0 atom stereocenters. The molecule has 0 amide bonds. The first-order valence-electron chi connectivity index (χ1n) is 4.43. The van der Waals surface area contributed by atoms with Crippen LogP contribution in [0.15, 0.2) is 45.9 Å². The summed E-state index contributed by atoms with van der Waals surface area (Å²) in [5, 5.41) is 0. The Morgan fingerprint density at radius 2 is 1.81 bits per heavy atom. The smallest absolute Gasteiger partial charge is 0.197 e. The van der Waals surface area contributed by atoms with Gasteiger partial charge in [0.1, 0.15) is 6.33 Å². The van der Waals surface area contributed by atoms with Gasteiger partial charge in [-0.25, -0.2) is 9.97 Å². The number of carbonyl (C=O) groups is 1. The number of benzene rings is 1. The molecule has 1 aromatic carbocycles. The van der Waals surface area contributed by atoms with Crippen LogP contribution in [0.25, 0.3) is 0 Å². The van der Waals surface area contributed by atoms with E-state index in [0.717, 1.165) is 8.95 Å². The highest BCUT2D eigenvalue weighted by Gasteiger charge is 2.13. The van der Waals surface area contributed by atoms with Crippen molar-refractivity contribution in [3.05, 3.63) is 57.0 Å². The molecule has 5 heteroatoms. The monoisotopic (exact) mass is 340 g/mol. The summed E-state index contributed by atoms with van der Waals surface area (Å²) >= 11 is 6.68. The standard InChI is InChI=1S/C11H6Br2N2O/c12-8-1-2-10(13)9(3-8)11(16)7-4-14-6-15-5-7/h1-6H. The van der Waals surface area contributed by atoms with Crippen LogP contribution in [-0.2, 0) is 0 Å². The molecule has 80 valence electrons. The average molecular weight is 342 g/mol. The Morgan fingerprint density at radius 1 is 1.12 bits per heavy atom. The first kappa shape index (κ1) is 11.4. The number of ketones is 1. The predicted octanol–water partition coefficient (Wildman–Crippen LogP) is 3.23. The Kier molecular flexibility index (Phi) is 3.46. The minimum atomic E-state index is -0.103. The second kappa shape index (κ2) is 4.84. The van der Waals surface area contributed by atoms with E-state index >= 15 is 0 Å². The highest BCUT2D eigenvalue weighted by atomic mass is 79.9. The average Bonchev–Trinajstić information content (AvgIpc) is 2.32. The molecule has 0 radical (unpaired) electrons. The fourth-order valence-electron chi connectivity index (χ4n) is 1.24. The summed E-state index contributed by atoms with van der Waals surface area (Å²) < 4.78 is 1.61. The molecular formula is C11H6Br2N2O. The topological polar surface area (TPSA) is 42.9 Å². The maximum Gasteiger partial charge on any atom is 0.197 e. The van der Waals surface area contributed by atoms with E-state index in [9.17, 15) is 4.79 Å². The minimum absolute atomic E-state index is 0.103. The van der Waals surface area contributed by atoms with E-state index < -0.39 is 0 Å². The number of hydrogen-bond acceptors (Lipinski definition) is 3. The van der Waals surface area contributed by atoms with Gasteiger partial charge in [-0.1, -0.05) is 31.9 Å². The van der Waals surface area contributed by atoms with Gasteiger partial charge in [-0.05, 0) is 18.2 Å². The summed E-state index contributed by atoms with van der Waals surface area (Å²) in [6.45, 7) is 0. The second-order valence-corrected chi connectivity index (χ2v) is 4.85. The molecule has 0 N–H and O–H groups in total. The fraction of sp³-hybridized carbons (Fsp3) is 0. The molecule has 0 spiro atoms. The van der Waals surface area contributed by atoms with Gasteiger partial charge in [-0.15, -0.1) is 0 Å². The Bertz CT molecular complexity index is 529. The number of halogens is 2. The maximum absolute atomic E-state index is 12.1. The van der Waals surface area contributed by atoms with Gasteiger partial charge in [-0.2, -0.15) is 0 Å². The van der Waals surface area contributed by atoms with Crippen molar-refractivity contribution >= 4 is 37.6 Å². The quantitative estimate of drug-likeness (QED) is 0.787. The molecule has 16 heavy (non-hydrogen) atoms. The van der Waals surface area contributed by atoms with Crippen LogP contribution in [0.3, 0.4) is 0 Å². The van der Waals surface area contributed by atoms with Crippen molar-refractivity contribution in [3.8, 4) is 0 Å². The number of carbonyl (C=O) groups excluding carboxylic acids is 1. The number of aromatic nitrogens is 2. The number of rotatable bonds is 2. The molecule has 0 saturated heterocycles. The highest BCUT2D eigenvalue weighted by molar-refractivity contribution is 9.11. The van der Waals surface area contributed by atoms with Gasteiger partial charge in [-0.3, -0.25) is 4.79 Å². The molecule has 0 fully saturated rings. The third kappa shape index (κ3) is 2.36. The Morgan fingerprint density at radius 3 is 2.50 bits per heavy atom. The molecule has 0 bridgehead atoms. The normalized spacial score (nSPS) is 10.1. The largest absolute Gasteiger partial charge is 0.288 e. The predicted molar refractivity (Wildman–Crippen MR) is 67.3 cm³/mol. The molecule has 1 heterocycles. The Labute approximate surface area is 109 Å². The lowest BCUT2D eigenvalue weighted by atomic mass is 10.1. The van der Waals surface area contributed by atoms with E-state index in [1.165, 1.54) is 18.7 Å². The van der Waals surface area contributed by atoms with E-state index in [2.05, 4.69) is 41.8 Å². The molecule has 0 aliphatic carbocycles. The van der Waals surface area contributed by atoms with Crippen LogP contribution in [0.4, 0.5) is 0 Å². The molecular weight excluding hydrogens is 336 g/mol. The zero-order valence-electron chi connectivity index (χ0n) is 8.02. The van der Waals surface area contributed by atoms with Gasteiger partial charge in [0.15, 0.2) is 5.78 Å². The first-order valence-corrected chi connectivity index (χ1v) is 6.02. The van der Waals surface area contributed by atoms with Gasteiger partial charge in [0, 0.05) is 26.9 Å². The van der Waals surface area contributed by atoms with E-state index in [0.29, 0.717) is 11.1 Å². The summed E-state index contributed by atoms with van der Waals surface area (Å²) in [7, 11) is 0. The lowest BCUT2D eigenvalue weighted by Crippen LogP contribution is -2.03. The second-order valence-electron chi connectivity index (χ2n) is 3.08. The summed E-state index contributed by atoms with van der Waals surface area (Å²) in [5.41, 5.74) is 1.06. The highest BCUT2D eigenvalue weighted by Crippen LogP contribution is 2.23. The van der Waals surface area contributed by atoms with E-state index in [1.54, 1.807) is 6.07 Å². The molecule has 1 aromatic heterocycles. The van der Waals surface area contributed by atoms with Crippen LogP contribution >= 0.6 is 31.9 Å². The van der Waals surface area contributed by atoms with Gasteiger partial charge in [0.25, 0.3) is 0 Å². The van der Waals surface area contributed by atoms with Gasteiger partial charge >= 0.3 is 0 Å². The van der Waals surface area contributed by atoms with E-state index in [-0.39, 0.29) is 5.78 Å². The lowest BCUT2D eigenvalue weighted by molar-refractivity contribution is 0.103. The van der Waals surface area contributed by atoms with Crippen molar-refractivity contribution in [2.24, 2.45) is 0 Å². The lowest BCUT2D eigenvalue weighted by Gasteiger charge is -2.03. The maximum atomic E-state index is 12.1. The molecule has 0 aliphatic heterocycles. The zero-order chi connectivity index (χ0) is 11.5. The molecule has 2 aromatic rings. The Hall–Kier alpha value is -1.07.